The number of hydrogen-bond acceptors (Lipinski definition) is 4. The summed E-state index contributed by atoms with van der Waals surface area (Å²) in [5.74, 6) is -1.23. The van der Waals surface area contributed by atoms with Gasteiger partial charge in [-0.15, -0.1) is 12.4 Å². The molecule has 1 aromatic rings. The highest BCUT2D eigenvalue weighted by Crippen LogP contribution is 2.33. The molecule has 4 N–H and O–H groups in total. The molecule has 2 fully saturated rings. The van der Waals surface area contributed by atoms with Crippen LogP contribution in [0.25, 0.3) is 0 Å². The number of hydrogen-bond donors (Lipinski definition) is 3. The minimum absolute atomic E-state index is 0. The highest BCUT2D eigenvalue weighted by atomic mass is 35.5. The highest BCUT2D eigenvalue weighted by Gasteiger charge is 2.46. The van der Waals surface area contributed by atoms with Gasteiger partial charge in [0.15, 0.2) is 0 Å². The second-order valence-electron chi connectivity index (χ2n) is 5.65. The van der Waals surface area contributed by atoms with Gasteiger partial charge < -0.3 is 11.1 Å². The quantitative estimate of drug-likeness (QED) is 0.741. The van der Waals surface area contributed by atoms with Gasteiger partial charge >= 0.3 is 0 Å². The van der Waals surface area contributed by atoms with Crippen molar-refractivity contribution in [1.29, 1.82) is 0 Å². The molecule has 3 rings (SSSR count). The maximum Gasteiger partial charge on any atom is 0.244 e. The van der Waals surface area contributed by atoms with Crippen molar-refractivity contribution in [2.45, 2.75) is 42.2 Å². The number of nitrogens with two attached hydrogens (primary N) is 1. The molecular weight excluding hydrogens is 333 g/mol. The van der Waals surface area contributed by atoms with Gasteiger partial charge in [-0.1, -0.05) is 0 Å². The molecule has 0 atom stereocenters. The van der Waals surface area contributed by atoms with E-state index < -0.39 is 26.3 Å². The lowest BCUT2D eigenvalue weighted by atomic mass is 10.2. The van der Waals surface area contributed by atoms with Crippen LogP contribution in [0.5, 0.6) is 0 Å². The molecule has 1 amide bonds. The first-order chi connectivity index (χ1) is 9.80. The van der Waals surface area contributed by atoms with E-state index in [0.717, 1.165) is 25.0 Å². The van der Waals surface area contributed by atoms with Crippen LogP contribution < -0.4 is 15.8 Å². The third kappa shape index (κ3) is 3.57. The second kappa shape index (κ2) is 5.77. The lowest BCUT2D eigenvalue weighted by Gasteiger charge is -2.12. The van der Waals surface area contributed by atoms with E-state index in [1.54, 1.807) is 0 Å². The molecule has 0 heterocycles. The Balaban J connectivity index is 0.00000176. The minimum Gasteiger partial charge on any atom is -0.324 e. The number of nitrogens with one attached hydrogen (secondary N) is 2. The van der Waals surface area contributed by atoms with Gasteiger partial charge in [-0.3, -0.25) is 4.79 Å². The fraction of sp³-hybridized carbons (Fsp3) is 0.462. The number of carbonyl (C=O) groups is 1. The molecule has 0 spiro atoms. The predicted molar refractivity (Wildman–Crippen MR) is 81.8 cm³/mol. The first-order valence-corrected chi connectivity index (χ1v) is 8.21. The van der Waals surface area contributed by atoms with Gasteiger partial charge in [0, 0.05) is 11.7 Å². The number of amides is 1. The van der Waals surface area contributed by atoms with Crippen LogP contribution in [0.1, 0.15) is 25.7 Å². The number of rotatable bonds is 5. The Morgan fingerprint density at radius 2 is 1.95 bits per heavy atom. The van der Waals surface area contributed by atoms with Crippen molar-refractivity contribution < 1.29 is 17.6 Å². The van der Waals surface area contributed by atoms with Crippen LogP contribution in [0.3, 0.4) is 0 Å². The summed E-state index contributed by atoms with van der Waals surface area (Å²) in [6.07, 6.45) is 2.70. The van der Waals surface area contributed by atoms with Crippen LogP contribution in [-0.4, -0.2) is 25.9 Å². The molecule has 0 radical (unpaired) electrons. The maximum atomic E-state index is 13.8. The first kappa shape index (κ1) is 17.1. The molecule has 0 unspecified atom stereocenters. The van der Waals surface area contributed by atoms with Crippen LogP contribution in [0.4, 0.5) is 10.1 Å². The molecule has 0 saturated heterocycles. The largest absolute Gasteiger partial charge is 0.324 e. The normalized spacial score (nSPS) is 19.2. The molecule has 0 bridgehead atoms. The van der Waals surface area contributed by atoms with Crippen molar-refractivity contribution >= 4 is 34.0 Å². The minimum atomic E-state index is -3.91. The van der Waals surface area contributed by atoms with E-state index in [-0.39, 0.29) is 30.0 Å². The molecule has 6 nitrogen and oxygen atoms in total. The molecule has 9 heteroatoms. The van der Waals surface area contributed by atoms with Gasteiger partial charge in [-0.25, -0.2) is 17.5 Å². The molecule has 122 valence electrons. The Morgan fingerprint density at radius 3 is 2.50 bits per heavy atom. The summed E-state index contributed by atoms with van der Waals surface area (Å²) in [6, 6.07) is 3.33. The van der Waals surface area contributed by atoms with Crippen molar-refractivity contribution in [3.05, 3.63) is 24.0 Å². The smallest absolute Gasteiger partial charge is 0.244 e. The van der Waals surface area contributed by atoms with E-state index in [1.165, 1.54) is 6.07 Å². The second-order valence-corrected chi connectivity index (χ2v) is 7.33. The topological polar surface area (TPSA) is 101 Å². The molecule has 2 saturated carbocycles. The summed E-state index contributed by atoms with van der Waals surface area (Å²) in [4.78, 5) is 11.4. The fourth-order valence-electron chi connectivity index (χ4n) is 1.89. The molecule has 2 aliphatic rings. The van der Waals surface area contributed by atoms with E-state index in [2.05, 4.69) is 10.0 Å². The Kier molecular flexibility index (Phi) is 4.49. The number of anilines is 1. The first-order valence-electron chi connectivity index (χ1n) is 6.72. The summed E-state index contributed by atoms with van der Waals surface area (Å²) >= 11 is 0. The van der Waals surface area contributed by atoms with Crippen molar-refractivity contribution in [3.8, 4) is 0 Å². The van der Waals surface area contributed by atoms with E-state index >= 15 is 0 Å². The van der Waals surface area contributed by atoms with Crippen LogP contribution >= 0.6 is 12.4 Å². The molecule has 1 aromatic carbocycles. The van der Waals surface area contributed by atoms with Gasteiger partial charge in [-0.05, 0) is 43.9 Å². The molecule has 0 aromatic heterocycles. The third-order valence-electron chi connectivity index (χ3n) is 3.62. The zero-order chi connectivity index (χ0) is 15.3. The van der Waals surface area contributed by atoms with Crippen molar-refractivity contribution in [2.24, 2.45) is 5.73 Å². The zero-order valence-corrected chi connectivity index (χ0v) is 13.3. The summed E-state index contributed by atoms with van der Waals surface area (Å²) in [6.45, 7) is 0. The van der Waals surface area contributed by atoms with Crippen molar-refractivity contribution in [1.82, 2.24) is 4.72 Å². The van der Waals surface area contributed by atoms with E-state index in [9.17, 15) is 17.6 Å². The average Bonchev–Trinajstić information content (AvgIpc) is 3.30. The number of benzene rings is 1. The standard InChI is InChI=1S/C13H16FN3O3S.ClH/c14-10-4-3-9(16-12(18)13(15)5-6-13)7-11(10)21(19,20)17-8-1-2-8;/h3-4,7-8,17H,1-2,5-6,15H2,(H,16,18);1H. The summed E-state index contributed by atoms with van der Waals surface area (Å²) in [5, 5.41) is 2.53. The van der Waals surface area contributed by atoms with Crippen LogP contribution in [-0.2, 0) is 14.8 Å². The molecule has 0 aliphatic heterocycles. The Bertz CT molecular complexity index is 702. The van der Waals surface area contributed by atoms with Crippen molar-refractivity contribution in [3.63, 3.8) is 0 Å². The summed E-state index contributed by atoms with van der Waals surface area (Å²) in [7, 11) is -3.91. The lowest BCUT2D eigenvalue weighted by Crippen LogP contribution is -2.37. The van der Waals surface area contributed by atoms with Gasteiger partial charge in [0.2, 0.25) is 15.9 Å². The lowest BCUT2D eigenvalue weighted by molar-refractivity contribution is -0.118. The van der Waals surface area contributed by atoms with E-state index in [4.69, 9.17) is 5.73 Å². The summed E-state index contributed by atoms with van der Waals surface area (Å²) in [5.41, 5.74) is 5.09. The van der Waals surface area contributed by atoms with Crippen LogP contribution in [0.15, 0.2) is 23.1 Å². The SMILES string of the molecule is Cl.NC1(C(=O)Nc2ccc(F)c(S(=O)(=O)NC3CC3)c2)CC1. The Labute approximate surface area is 134 Å². The molecule has 2 aliphatic carbocycles. The van der Waals surface area contributed by atoms with Crippen LogP contribution in [0, 0.1) is 5.82 Å². The molecule has 22 heavy (non-hydrogen) atoms. The van der Waals surface area contributed by atoms with Crippen LogP contribution in [0.2, 0.25) is 0 Å². The van der Waals surface area contributed by atoms with E-state index in [0.29, 0.717) is 12.8 Å². The fourth-order valence-corrected chi connectivity index (χ4v) is 3.30. The van der Waals surface area contributed by atoms with Gasteiger partial charge in [0.1, 0.15) is 10.7 Å². The van der Waals surface area contributed by atoms with Gasteiger partial charge in [0.25, 0.3) is 0 Å². The van der Waals surface area contributed by atoms with Gasteiger partial charge in [-0.2, -0.15) is 0 Å². The van der Waals surface area contributed by atoms with E-state index in [1.807, 2.05) is 0 Å². The number of carbonyl (C=O) groups excluding carboxylic acids is 1. The number of sulfonamides is 1. The van der Waals surface area contributed by atoms with Gasteiger partial charge in [0.05, 0.1) is 5.54 Å². The Morgan fingerprint density at radius 1 is 1.32 bits per heavy atom. The zero-order valence-electron chi connectivity index (χ0n) is 11.6. The maximum absolute atomic E-state index is 13.8. The highest BCUT2D eigenvalue weighted by molar-refractivity contribution is 7.89. The Hall–Kier alpha value is -1.22. The van der Waals surface area contributed by atoms with Crippen molar-refractivity contribution in [2.75, 3.05) is 5.32 Å². The number of halogens is 2. The third-order valence-corrected chi connectivity index (χ3v) is 5.15. The molecular formula is C13H17ClFN3O3S. The monoisotopic (exact) mass is 349 g/mol. The summed E-state index contributed by atoms with van der Waals surface area (Å²) < 4.78 is 40.3. The predicted octanol–water partition coefficient (Wildman–Crippen LogP) is 1.12. The average molecular weight is 350 g/mol.